The van der Waals surface area contributed by atoms with Crippen molar-refractivity contribution in [1.82, 2.24) is 4.90 Å². The summed E-state index contributed by atoms with van der Waals surface area (Å²) in [7, 11) is 1.97. The van der Waals surface area contributed by atoms with Crippen LogP contribution in [0, 0.1) is 0 Å². The average molecular weight is 213 g/mol. The van der Waals surface area contributed by atoms with E-state index in [1.54, 1.807) is 0 Å². The summed E-state index contributed by atoms with van der Waals surface area (Å²) in [6, 6.07) is 0.458. The summed E-state index contributed by atoms with van der Waals surface area (Å²) in [5, 5.41) is 9.29. The number of carboxylic acids is 1. The molecule has 1 aliphatic carbocycles. The minimum atomic E-state index is -0.696. The molecule has 0 aromatic carbocycles. The lowest BCUT2D eigenvalue weighted by molar-refractivity contribution is -0.151. The number of hydrogen-bond donors (Lipinski definition) is 1. The summed E-state index contributed by atoms with van der Waals surface area (Å²) in [6.07, 6.45) is 6.76. The molecule has 0 aromatic heterocycles. The van der Waals surface area contributed by atoms with E-state index < -0.39 is 11.5 Å². The van der Waals surface area contributed by atoms with Gasteiger partial charge in [0.05, 0.1) is 0 Å². The number of likely N-dealkylation sites (N-methyl/N-ethyl adjacent to an activating group) is 1. The van der Waals surface area contributed by atoms with Crippen LogP contribution in [0.1, 0.15) is 52.4 Å². The smallest absolute Gasteiger partial charge is 0.323 e. The number of carbonyl (C=O) groups is 1. The van der Waals surface area contributed by atoms with Gasteiger partial charge >= 0.3 is 5.97 Å². The summed E-state index contributed by atoms with van der Waals surface area (Å²) in [6.45, 7) is 3.79. The Morgan fingerprint density at radius 3 is 2.33 bits per heavy atom. The third-order valence-electron chi connectivity index (χ3n) is 4.05. The molecular weight excluding hydrogens is 190 g/mol. The monoisotopic (exact) mass is 213 g/mol. The summed E-state index contributed by atoms with van der Waals surface area (Å²) in [5.74, 6) is -0.696. The Kier molecular flexibility index (Phi) is 4.14. The Morgan fingerprint density at radius 1 is 1.40 bits per heavy atom. The first kappa shape index (κ1) is 12.5. The average Bonchev–Trinajstić information content (AvgIpc) is 2.28. The van der Waals surface area contributed by atoms with Crippen LogP contribution in [0.4, 0.5) is 0 Å². The fourth-order valence-corrected chi connectivity index (χ4v) is 2.42. The van der Waals surface area contributed by atoms with Gasteiger partial charge in [-0.25, -0.2) is 0 Å². The normalized spacial score (nSPS) is 22.7. The lowest BCUT2D eigenvalue weighted by Gasteiger charge is -2.41. The van der Waals surface area contributed by atoms with Gasteiger partial charge in [0.1, 0.15) is 5.54 Å². The van der Waals surface area contributed by atoms with Crippen LogP contribution in [0.15, 0.2) is 0 Å². The third kappa shape index (κ3) is 2.51. The first-order chi connectivity index (χ1) is 7.02. The molecule has 15 heavy (non-hydrogen) atoms. The number of nitrogens with zero attached hydrogens (tertiary/aromatic N) is 1. The van der Waals surface area contributed by atoms with E-state index in [1.807, 2.05) is 20.9 Å². The maximum Gasteiger partial charge on any atom is 0.323 e. The van der Waals surface area contributed by atoms with Gasteiger partial charge in [0.25, 0.3) is 0 Å². The minimum absolute atomic E-state index is 0.458. The van der Waals surface area contributed by atoms with Gasteiger partial charge in [-0.2, -0.15) is 0 Å². The molecule has 0 spiro atoms. The first-order valence-electron chi connectivity index (χ1n) is 5.98. The van der Waals surface area contributed by atoms with Crippen LogP contribution in [0.2, 0.25) is 0 Å². The molecule has 3 nitrogen and oxygen atoms in total. The summed E-state index contributed by atoms with van der Waals surface area (Å²) < 4.78 is 0. The molecular formula is C12H23NO2. The molecule has 1 atom stereocenters. The standard InChI is InChI=1S/C12H23NO2/c1-4-12(2,11(14)15)13(3)10-8-6-5-7-9-10/h10H,4-9H2,1-3H3,(H,14,15). The molecule has 1 rings (SSSR count). The molecule has 0 amide bonds. The van der Waals surface area contributed by atoms with E-state index in [-0.39, 0.29) is 0 Å². The number of carboxylic acid groups (broad SMARTS) is 1. The van der Waals surface area contributed by atoms with Gasteiger partial charge in [-0.05, 0) is 33.2 Å². The zero-order valence-corrected chi connectivity index (χ0v) is 10.1. The molecule has 3 heteroatoms. The lowest BCUT2D eigenvalue weighted by Crippen LogP contribution is -2.54. The minimum Gasteiger partial charge on any atom is -0.480 e. The largest absolute Gasteiger partial charge is 0.480 e. The fraction of sp³-hybridized carbons (Fsp3) is 0.917. The molecule has 0 radical (unpaired) electrons. The highest BCUT2D eigenvalue weighted by Crippen LogP contribution is 2.28. The second kappa shape index (κ2) is 4.97. The Labute approximate surface area is 92.5 Å². The third-order valence-corrected chi connectivity index (χ3v) is 4.05. The Balaban J connectivity index is 2.70. The van der Waals surface area contributed by atoms with Crippen LogP contribution < -0.4 is 0 Å². The molecule has 0 saturated heterocycles. The molecule has 1 N–H and O–H groups in total. The molecule has 1 fully saturated rings. The van der Waals surface area contributed by atoms with E-state index in [0.717, 1.165) is 12.8 Å². The van der Waals surface area contributed by atoms with Crippen molar-refractivity contribution in [2.75, 3.05) is 7.05 Å². The van der Waals surface area contributed by atoms with Crippen molar-refractivity contribution in [3.05, 3.63) is 0 Å². The molecule has 0 aromatic rings. The van der Waals surface area contributed by atoms with Gasteiger partial charge in [-0.1, -0.05) is 26.2 Å². The summed E-state index contributed by atoms with van der Waals surface area (Å²) in [5.41, 5.74) is -0.692. The van der Waals surface area contributed by atoms with Crippen LogP contribution >= 0.6 is 0 Å². The predicted molar refractivity (Wildman–Crippen MR) is 61.0 cm³/mol. The zero-order valence-electron chi connectivity index (χ0n) is 10.1. The van der Waals surface area contributed by atoms with Crippen molar-refractivity contribution in [2.45, 2.75) is 64.0 Å². The van der Waals surface area contributed by atoms with Crippen molar-refractivity contribution in [1.29, 1.82) is 0 Å². The maximum atomic E-state index is 11.3. The van der Waals surface area contributed by atoms with E-state index in [1.165, 1.54) is 19.3 Å². The Hall–Kier alpha value is -0.570. The van der Waals surface area contributed by atoms with E-state index in [9.17, 15) is 9.90 Å². The predicted octanol–water partition coefficient (Wildman–Crippen LogP) is 2.50. The van der Waals surface area contributed by atoms with Crippen molar-refractivity contribution in [2.24, 2.45) is 0 Å². The van der Waals surface area contributed by atoms with Gasteiger partial charge in [0.2, 0.25) is 0 Å². The molecule has 0 bridgehead atoms. The van der Waals surface area contributed by atoms with E-state index >= 15 is 0 Å². The molecule has 1 aliphatic rings. The van der Waals surface area contributed by atoms with Crippen molar-refractivity contribution >= 4 is 5.97 Å². The van der Waals surface area contributed by atoms with Gasteiger partial charge in [0.15, 0.2) is 0 Å². The number of hydrogen-bond acceptors (Lipinski definition) is 2. The zero-order chi connectivity index (χ0) is 11.5. The van der Waals surface area contributed by atoms with Gasteiger partial charge < -0.3 is 5.11 Å². The van der Waals surface area contributed by atoms with Crippen LogP contribution in [0.5, 0.6) is 0 Å². The van der Waals surface area contributed by atoms with Gasteiger partial charge in [-0.3, -0.25) is 9.69 Å². The lowest BCUT2D eigenvalue weighted by atomic mass is 9.88. The second-order valence-corrected chi connectivity index (χ2v) is 4.84. The molecule has 1 saturated carbocycles. The van der Waals surface area contributed by atoms with Crippen molar-refractivity contribution < 1.29 is 9.90 Å². The highest BCUT2D eigenvalue weighted by molar-refractivity contribution is 5.78. The highest BCUT2D eigenvalue weighted by atomic mass is 16.4. The van der Waals surface area contributed by atoms with Gasteiger partial charge in [0, 0.05) is 6.04 Å². The highest BCUT2D eigenvalue weighted by Gasteiger charge is 2.39. The molecule has 1 unspecified atom stereocenters. The fourth-order valence-electron chi connectivity index (χ4n) is 2.42. The van der Waals surface area contributed by atoms with Crippen LogP contribution in [0.25, 0.3) is 0 Å². The second-order valence-electron chi connectivity index (χ2n) is 4.84. The van der Waals surface area contributed by atoms with Crippen LogP contribution in [-0.2, 0) is 4.79 Å². The number of rotatable bonds is 4. The van der Waals surface area contributed by atoms with Gasteiger partial charge in [-0.15, -0.1) is 0 Å². The van der Waals surface area contributed by atoms with Crippen molar-refractivity contribution in [3.8, 4) is 0 Å². The molecule has 0 heterocycles. The quantitative estimate of drug-likeness (QED) is 0.780. The SMILES string of the molecule is CCC(C)(C(=O)O)N(C)C1CCCCC1. The van der Waals surface area contributed by atoms with Crippen molar-refractivity contribution in [3.63, 3.8) is 0 Å². The summed E-state index contributed by atoms with van der Waals surface area (Å²) in [4.78, 5) is 13.4. The molecule has 0 aliphatic heterocycles. The van der Waals surface area contributed by atoms with E-state index in [0.29, 0.717) is 12.5 Å². The number of aliphatic carboxylic acids is 1. The topological polar surface area (TPSA) is 40.5 Å². The first-order valence-corrected chi connectivity index (χ1v) is 5.98. The van der Waals surface area contributed by atoms with E-state index in [4.69, 9.17) is 0 Å². The molecule has 88 valence electrons. The maximum absolute atomic E-state index is 11.3. The van der Waals surface area contributed by atoms with Crippen LogP contribution in [0.3, 0.4) is 0 Å². The van der Waals surface area contributed by atoms with Crippen LogP contribution in [-0.4, -0.2) is 34.6 Å². The Morgan fingerprint density at radius 2 is 1.93 bits per heavy atom. The Bertz CT molecular complexity index is 224. The van der Waals surface area contributed by atoms with E-state index in [2.05, 4.69) is 4.90 Å². The summed E-state index contributed by atoms with van der Waals surface area (Å²) >= 11 is 0.